The number of amides is 1. The van der Waals surface area contributed by atoms with E-state index in [9.17, 15) is 4.79 Å². The molecule has 1 aromatic carbocycles. The van der Waals surface area contributed by atoms with Crippen molar-refractivity contribution in [3.05, 3.63) is 53.6 Å². The number of hydrogen-bond donors (Lipinski definition) is 2. The molecule has 0 bridgehead atoms. The van der Waals surface area contributed by atoms with Gasteiger partial charge in [0.15, 0.2) is 0 Å². The normalized spacial score (nSPS) is 12.3. The van der Waals surface area contributed by atoms with Crippen LogP contribution in [0.3, 0.4) is 0 Å². The lowest BCUT2D eigenvalue weighted by Crippen LogP contribution is -2.25. The number of benzene rings is 1. The van der Waals surface area contributed by atoms with E-state index in [1.807, 2.05) is 32.0 Å². The van der Waals surface area contributed by atoms with Gasteiger partial charge in [0, 0.05) is 24.0 Å². The first-order chi connectivity index (χ1) is 10.1. The van der Waals surface area contributed by atoms with E-state index < -0.39 is 0 Å². The first-order valence-corrected chi connectivity index (χ1v) is 6.72. The molecular weight excluding hydrogens is 266 g/mol. The zero-order chi connectivity index (χ0) is 15.2. The predicted molar refractivity (Wildman–Crippen MR) is 81.9 cm³/mol. The Balaban J connectivity index is 2.04. The molecule has 5 nitrogen and oxygen atoms in total. The van der Waals surface area contributed by atoms with Crippen LogP contribution >= 0.6 is 0 Å². The molecule has 1 unspecified atom stereocenters. The molecule has 0 aliphatic heterocycles. The highest BCUT2D eigenvalue weighted by atomic mass is 16.5. The summed E-state index contributed by atoms with van der Waals surface area (Å²) in [5, 5.41) is 2.84. The number of hydrogen-bond acceptors (Lipinski definition) is 3. The Morgan fingerprint density at radius 1 is 1.48 bits per heavy atom. The average Bonchev–Trinajstić information content (AvgIpc) is 2.99. The molecular formula is C16H19N3O2. The summed E-state index contributed by atoms with van der Waals surface area (Å²) in [6.45, 7) is 3.87. The fourth-order valence-corrected chi connectivity index (χ4v) is 1.99. The summed E-state index contributed by atoms with van der Waals surface area (Å²) in [4.78, 5) is 19.0. The van der Waals surface area contributed by atoms with Crippen molar-refractivity contribution < 1.29 is 9.53 Å². The van der Waals surface area contributed by atoms with Crippen LogP contribution in [0.15, 0.2) is 36.7 Å². The van der Waals surface area contributed by atoms with Crippen LogP contribution in [0, 0.1) is 6.92 Å². The number of aryl methyl sites for hydroxylation is 1. The third kappa shape index (κ3) is 3.95. The molecule has 0 saturated carbocycles. The van der Waals surface area contributed by atoms with Crippen LogP contribution in [0.2, 0.25) is 0 Å². The van der Waals surface area contributed by atoms with Gasteiger partial charge in [-0.2, -0.15) is 0 Å². The highest BCUT2D eigenvalue weighted by molar-refractivity contribution is 5.92. The molecule has 0 spiro atoms. The highest BCUT2D eigenvalue weighted by Gasteiger charge is 2.09. The molecule has 0 aliphatic rings. The molecule has 1 amide bonds. The minimum Gasteiger partial charge on any atom is -0.496 e. The van der Waals surface area contributed by atoms with E-state index in [0.717, 1.165) is 22.7 Å². The Kier molecular flexibility index (Phi) is 4.77. The molecule has 0 saturated heterocycles. The van der Waals surface area contributed by atoms with Gasteiger partial charge in [0.25, 0.3) is 0 Å². The van der Waals surface area contributed by atoms with Crippen LogP contribution in [-0.4, -0.2) is 23.0 Å². The van der Waals surface area contributed by atoms with E-state index in [2.05, 4.69) is 15.3 Å². The number of rotatable bonds is 5. The molecule has 2 N–H and O–H groups in total. The lowest BCUT2D eigenvalue weighted by atomic mass is 10.1. The van der Waals surface area contributed by atoms with Crippen LogP contribution < -0.4 is 10.1 Å². The summed E-state index contributed by atoms with van der Waals surface area (Å²) in [6.07, 6.45) is 6.63. The summed E-state index contributed by atoms with van der Waals surface area (Å²) >= 11 is 0. The standard InChI is InChI=1S/C16H19N3O2/c1-11-4-6-14(21-3)13(10-11)5-7-15(20)19-12(2)16-17-8-9-18-16/h4-10,12H,1-3H3,(H,17,18)(H,19,20)/b7-5+. The van der Waals surface area contributed by atoms with Gasteiger partial charge in [-0.1, -0.05) is 11.6 Å². The number of aromatic amines is 1. The fourth-order valence-electron chi connectivity index (χ4n) is 1.99. The Morgan fingerprint density at radius 2 is 2.29 bits per heavy atom. The van der Waals surface area contributed by atoms with Crippen molar-refractivity contribution in [1.82, 2.24) is 15.3 Å². The van der Waals surface area contributed by atoms with Gasteiger partial charge in [-0.3, -0.25) is 4.79 Å². The maximum absolute atomic E-state index is 11.9. The molecule has 1 aromatic heterocycles. The molecule has 1 atom stereocenters. The number of imidazole rings is 1. The summed E-state index contributed by atoms with van der Waals surface area (Å²) < 4.78 is 5.27. The second kappa shape index (κ2) is 6.74. The first kappa shape index (κ1) is 14.8. The van der Waals surface area contributed by atoms with Gasteiger partial charge in [0.05, 0.1) is 13.2 Å². The van der Waals surface area contributed by atoms with Crippen molar-refractivity contribution in [1.29, 1.82) is 0 Å². The van der Waals surface area contributed by atoms with Gasteiger partial charge >= 0.3 is 0 Å². The maximum atomic E-state index is 11.9. The molecule has 0 aliphatic carbocycles. The third-order valence-corrected chi connectivity index (χ3v) is 3.09. The number of nitrogens with one attached hydrogen (secondary N) is 2. The SMILES string of the molecule is COc1ccc(C)cc1/C=C/C(=O)NC(C)c1ncc[nH]1. The zero-order valence-electron chi connectivity index (χ0n) is 12.4. The molecule has 0 radical (unpaired) electrons. The Hall–Kier alpha value is -2.56. The van der Waals surface area contributed by atoms with Crippen molar-refractivity contribution in [2.24, 2.45) is 0 Å². The fraction of sp³-hybridized carbons (Fsp3) is 0.250. The molecule has 110 valence electrons. The number of ether oxygens (including phenoxy) is 1. The Bertz CT molecular complexity index is 633. The quantitative estimate of drug-likeness (QED) is 0.830. The zero-order valence-corrected chi connectivity index (χ0v) is 12.4. The number of nitrogens with zero attached hydrogens (tertiary/aromatic N) is 1. The summed E-state index contributed by atoms with van der Waals surface area (Å²) in [6, 6.07) is 5.66. The van der Waals surface area contributed by atoms with Crippen molar-refractivity contribution in [2.45, 2.75) is 19.9 Å². The summed E-state index contributed by atoms with van der Waals surface area (Å²) in [5.74, 6) is 1.29. The van der Waals surface area contributed by atoms with Crippen molar-refractivity contribution in [3.8, 4) is 5.75 Å². The lowest BCUT2D eigenvalue weighted by Gasteiger charge is -2.09. The second-order valence-corrected chi connectivity index (χ2v) is 4.78. The van der Waals surface area contributed by atoms with Crippen molar-refractivity contribution >= 4 is 12.0 Å². The van der Waals surface area contributed by atoms with E-state index in [4.69, 9.17) is 4.74 Å². The molecule has 2 aromatic rings. The number of methoxy groups -OCH3 is 1. The molecule has 1 heterocycles. The first-order valence-electron chi connectivity index (χ1n) is 6.72. The Morgan fingerprint density at radius 3 is 2.95 bits per heavy atom. The van der Waals surface area contributed by atoms with Gasteiger partial charge < -0.3 is 15.0 Å². The van der Waals surface area contributed by atoms with Crippen LogP contribution in [-0.2, 0) is 4.79 Å². The number of H-pyrrole nitrogens is 1. The van der Waals surface area contributed by atoms with Gasteiger partial charge in [0.2, 0.25) is 5.91 Å². The summed E-state index contributed by atoms with van der Waals surface area (Å²) in [5.41, 5.74) is 1.98. The van der Waals surface area contributed by atoms with Gasteiger partial charge in [0.1, 0.15) is 11.6 Å². The minimum atomic E-state index is -0.178. The maximum Gasteiger partial charge on any atom is 0.244 e. The van der Waals surface area contributed by atoms with Gasteiger partial charge in [-0.25, -0.2) is 4.98 Å². The van der Waals surface area contributed by atoms with Gasteiger partial charge in [-0.05, 0) is 32.1 Å². The summed E-state index contributed by atoms with van der Waals surface area (Å²) in [7, 11) is 1.61. The molecule has 2 rings (SSSR count). The van der Waals surface area contributed by atoms with E-state index in [1.165, 1.54) is 6.08 Å². The van der Waals surface area contributed by atoms with Crippen molar-refractivity contribution in [3.63, 3.8) is 0 Å². The number of carbonyl (C=O) groups excluding carboxylic acids is 1. The highest BCUT2D eigenvalue weighted by Crippen LogP contribution is 2.20. The molecule has 21 heavy (non-hydrogen) atoms. The monoisotopic (exact) mass is 285 g/mol. The average molecular weight is 285 g/mol. The third-order valence-electron chi connectivity index (χ3n) is 3.09. The van der Waals surface area contributed by atoms with Crippen molar-refractivity contribution in [2.75, 3.05) is 7.11 Å². The lowest BCUT2D eigenvalue weighted by molar-refractivity contribution is -0.117. The minimum absolute atomic E-state index is 0.170. The number of aromatic nitrogens is 2. The van der Waals surface area contributed by atoms with Crippen LogP contribution in [0.1, 0.15) is 29.9 Å². The topological polar surface area (TPSA) is 67.0 Å². The number of carbonyl (C=O) groups is 1. The van der Waals surface area contributed by atoms with Crippen LogP contribution in [0.25, 0.3) is 6.08 Å². The predicted octanol–water partition coefficient (Wildman–Crippen LogP) is 2.62. The Labute approximate surface area is 124 Å². The molecule has 5 heteroatoms. The molecule has 0 fully saturated rings. The largest absolute Gasteiger partial charge is 0.496 e. The van der Waals surface area contributed by atoms with Crippen LogP contribution in [0.5, 0.6) is 5.75 Å². The second-order valence-electron chi connectivity index (χ2n) is 4.78. The van der Waals surface area contributed by atoms with Crippen LogP contribution in [0.4, 0.5) is 0 Å². The van der Waals surface area contributed by atoms with E-state index in [0.29, 0.717) is 0 Å². The van der Waals surface area contributed by atoms with E-state index in [1.54, 1.807) is 25.6 Å². The van der Waals surface area contributed by atoms with E-state index in [-0.39, 0.29) is 11.9 Å². The van der Waals surface area contributed by atoms with Gasteiger partial charge in [-0.15, -0.1) is 0 Å². The van der Waals surface area contributed by atoms with E-state index >= 15 is 0 Å². The smallest absolute Gasteiger partial charge is 0.244 e.